The van der Waals surface area contributed by atoms with Gasteiger partial charge in [-0.1, -0.05) is 6.08 Å². The van der Waals surface area contributed by atoms with Crippen molar-refractivity contribution < 1.29 is 14.6 Å². The number of ether oxygens (including phenoxy) is 1. The predicted octanol–water partition coefficient (Wildman–Crippen LogP) is 0.645. The smallest absolute Gasteiger partial charge is 0.335 e. The van der Waals surface area contributed by atoms with Gasteiger partial charge in [0.25, 0.3) is 0 Å². The fourth-order valence-corrected chi connectivity index (χ4v) is 1.27. The molecular formula is C10H15NO3. The highest BCUT2D eigenvalue weighted by Crippen LogP contribution is 2.13. The quantitative estimate of drug-likeness (QED) is 0.672. The summed E-state index contributed by atoms with van der Waals surface area (Å²) in [6.07, 6.45) is 6.88. The summed E-state index contributed by atoms with van der Waals surface area (Å²) >= 11 is 0. The van der Waals surface area contributed by atoms with E-state index < -0.39 is 0 Å². The predicted molar refractivity (Wildman–Crippen MR) is 52.3 cm³/mol. The van der Waals surface area contributed by atoms with Gasteiger partial charge >= 0.3 is 5.97 Å². The van der Waals surface area contributed by atoms with Crippen molar-refractivity contribution in [3.63, 3.8) is 0 Å². The highest BCUT2D eigenvalue weighted by Gasteiger charge is 2.12. The van der Waals surface area contributed by atoms with Crippen molar-refractivity contribution >= 4 is 5.97 Å². The molecule has 4 nitrogen and oxygen atoms in total. The molecule has 0 radical (unpaired) electrons. The van der Waals surface area contributed by atoms with Crippen LogP contribution < -0.4 is 0 Å². The molecule has 0 fully saturated rings. The number of aliphatic hydroxyl groups is 1. The summed E-state index contributed by atoms with van der Waals surface area (Å²) in [5.41, 5.74) is 0.646. The summed E-state index contributed by atoms with van der Waals surface area (Å²) in [6, 6.07) is 0. The van der Waals surface area contributed by atoms with Crippen LogP contribution in [0.1, 0.15) is 12.8 Å². The minimum atomic E-state index is -0.289. The Labute approximate surface area is 83.5 Å². The molecule has 0 aromatic rings. The maximum Gasteiger partial charge on any atom is 0.335 e. The average molecular weight is 197 g/mol. The molecule has 0 atom stereocenters. The Morgan fingerprint density at radius 3 is 3.14 bits per heavy atom. The number of esters is 1. The molecule has 0 aromatic carbocycles. The third-order valence-corrected chi connectivity index (χ3v) is 1.98. The molecule has 1 aliphatic heterocycles. The molecule has 0 unspecified atom stereocenters. The monoisotopic (exact) mass is 197 g/mol. The second-order valence-electron chi connectivity index (χ2n) is 3.05. The van der Waals surface area contributed by atoms with Crippen LogP contribution in [-0.4, -0.2) is 36.2 Å². The first-order valence-electron chi connectivity index (χ1n) is 4.60. The molecule has 1 aliphatic rings. The van der Waals surface area contributed by atoms with E-state index in [1.807, 2.05) is 17.2 Å². The zero-order valence-electron chi connectivity index (χ0n) is 8.27. The van der Waals surface area contributed by atoms with Crippen LogP contribution in [0.25, 0.3) is 0 Å². The highest BCUT2D eigenvalue weighted by atomic mass is 16.5. The van der Waals surface area contributed by atoms with Crippen molar-refractivity contribution in [2.45, 2.75) is 12.8 Å². The molecule has 14 heavy (non-hydrogen) atoms. The van der Waals surface area contributed by atoms with Gasteiger partial charge in [-0.2, -0.15) is 0 Å². The molecule has 1 N–H and O–H groups in total. The van der Waals surface area contributed by atoms with E-state index in [-0.39, 0.29) is 12.6 Å². The number of rotatable bonds is 4. The number of allylic oxidation sites excluding steroid dienone is 1. The molecule has 0 bridgehead atoms. The minimum absolute atomic E-state index is 0.158. The van der Waals surface area contributed by atoms with Crippen molar-refractivity contribution in [2.75, 3.05) is 20.3 Å². The van der Waals surface area contributed by atoms with Gasteiger partial charge in [-0.3, -0.25) is 0 Å². The lowest BCUT2D eigenvalue weighted by Gasteiger charge is -2.19. The maximum atomic E-state index is 11.2. The van der Waals surface area contributed by atoms with Crippen molar-refractivity contribution in [1.29, 1.82) is 0 Å². The van der Waals surface area contributed by atoms with E-state index in [9.17, 15) is 4.79 Å². The minimum Gasteiger partial charge on any atom is -0.466 e. The molecule has 0 amide bonds. The second-order valence-corrected chi connectivity index (χ2v) is 3.05. The van der Waals surface area contributed by atoms with E-state index in [2.05, 4.69) is 4.74 Å². The Kier molecular flexibility index (Phi) is 4.19. The Morgan fingerprint density at radius 1 is 1.71 bits per heavy atom. The Balaban J connectivity index is 2.53. The summed E-state index contributed by atoms with van der Waals surface area (Å²) in [7, 11) is 1.37. The SMILES string of the molecule is COC(=O)C1=CN(CCCO)C=CC1. The van der Waals surface area contributed by atoms with Crippen LogP contribution in [-0.2, 0) is 9.53 Å². The van der Waals surface area contributed by atoms with Crippen LogP contribution in [0.15, 0.2) is 24.0 Å². The molecule has 0 aliphatic carbocycles. The first-order chi connectivity index (χ1) is 6.77. The number of carbonyl (C=O) groups excluding carboxylic acids is 1. The Morgan fingerprint density at radius 2 is 2.50 bits per heavy atom. The van der Waals surface area contributed by atoms with Gasteiger partial charge in [0, 0.05) is 25.8 Å². The van der Waals surface area contributed by atoms with Gasteiger partial charge in [-0.25, -0.2) is 4.79 Å². The second kappa shape index (κ2) is 5.44. The zero-order valence-corrected chi connectivity index (χ0v) is 8.27. The van der Waals surface area contributed by atoms with Gasteiger partial charge < -0.3 is 14.7 Å². The van der Waals surface area contributed by atoms with Crippen molar-refractivity contribution in [2.24, 2.45) is 0 Å². The molecular weight excluding hydrogens is 182 g/mol. The summed E-state index contributed by atoms with van der Waals surface area (Å²) in [5.74, 6) is -0.289. The number of nitrogens with zero attached hydrogens (tertiary/aromatic N) is 1. The molecule has 1 heterocycles. The highest BCUT2D eigenvalue weighted by molar-refractivity contribution is 5.88. The number of aliphatic hydroxyl groups excluding tert-OH is 1. The van der Waals surface area contributed by atoms with Crippen molar-refractivity contribution in [1.82, 2.24) is 4.90 Å². The van der Waals surface area contributed by atoms with Crippen LogP contribution in [0.4, 0.5) is 0 Å². The standard InChI is InChI=1S/C10H15NO3/c1-14-10(13)9-4-2-5-11(8-9)6-3-7-12/h2,5,8,12H,3-4,6-7H2,1H3. The normalized spacial score (nSPS) is 15.3. The maximum absolute atomic E-state index is 11.2. The third-order valence-electron chi connectivity index (χ3n) is 1.98. The van der Waals surface area contributed by atoms with E-state index in [1.165, 1.54) is 7.11 Å². The summed E-state index contributed by atoms with van der Waals surface area (Å²) in [5, 5.41) is 8.66. The van der Waals surface area contributed by atoms with Gasteiger partial charge in [0.05, 0.1) is 12.7 Å². The first kappa shape index (κ1) is 10.8. The summed E-state index contributed by atoms with van der Waals surface area (Å²) in [4.78, 5) is 13.1. The first-order valence-corrected chi connectivity index (χ1v) is 4.60. The average Bonchev–Trinajstić information content (AvgIpc) is 2.25. The van der Waals surface area contributed by atoms with E-state index in [0.717, 1.165) is 0 Å². The van der Waals surface area contributed by atoms with Gasteiger partial charge in [-0.05, 0) is 12.6 Å². The summed E-state index contributed by atoms with van der Waals surface area (Å²) < 4.78 is 4.63. The van der Waals surface area contributed by atoms with Crippen LogP contribution in [0, 0.1) is 0 Å². The fraction of sp³-hybridized carbons (Fsp3) is 0.500. The Bertz CT molecular complexity index is 258. The van der Waals surface area contributed by atoms with Gasteiger partial charge in [-0.15, -0.1) is 0 Å². The van der Waals surface area contributed by atoms with Crippen molar-refractivity contribution in [3.05, 3.63) is 24.0 Å². The van der Waals surface area contributed by atoms with Gasteiger partial charge in [0.2, 0.25) is 0 Å². The number of hydrogen-bond donors (Lipinski definition) is 1. The third kappa shape index (κ3) is 2.88. The van der Waals surface area contributed by atoms with Crippen LogP contribution in [0.3, 0.4) is 0 Å². The molecule has 0 saturated heterocycles. The molecule has 1 rings (SSSR count). The lowest BCUT2D eigenvalue weighted by Crippen LogP contribution is -2.18. The molecule has 4 heteroatoms. The van der Waals surface area contributed by atoms with E-state index >= 15 is 0 Å². The lowest BCUT2D eigenvalue weighted by atomic mass is 10.1. The Hall–Kier alpha value is -1.29. The van der Waals surface area contributed by atoms with Gasteiger partial charge in [0.1, 0.15) is 0 Å². The van der Waals surface area contributed by atoms with Crippen LogP contribution in [0.5, 0.6) is 0 Å². The summed E-state index contributed by atoms with van der Waals surface area (Å²) in [6.45, 7) is 0.874. The largest absolute Gasteiger partial charge is 0.466 e. The fourth-order valence-electron chi connectivity index (χ4n) is 1.27. The number of carbonyl (C=O) groups is 1. The van der Waals surface area contributed by atoms with E-state index in [4.69, 9.17) is 5.11 Å². The number of hydrogen-bond acceptors (Lipinski definition) is 4. The molecule has 0 spiro atoms. The van der Waals surface area contributed by atoms with Crippen LogP contribution >= 0.6 is 0 Å². The van der Waals surface area contributed by atoms with E-state index in [1.54, 1.807) is 6.20 Å². The molecule has 78 valence electrons. The lowest BCUT2D eigenvalue weighted by molar-refractivity contribution is -0.136. The van der Waals surface area contributed by atoms with Crippen LogP contribution in [0.2, 0.25) is 0 Å². The zero-order chi connectivity index (χ0) is 10.4. The molecule has 0 aromatic heterocycles. The number of methoxy groups -OCH3 is 1. The van der Waals surface area contributed by atoms with Crippen molar-refractivity contribution in [3.8, 4) is 0 Å². The van der Waals surface area contributed by atoms with E-state index in [0.29, 0.717) is 25.0 Å². The van der Waals surface area contributed by atoms with Gasteiger partial charge in [0.15, 0.2) is 0 Å². The molecule has 0 saturated carbocycles. The topological polar surface area (TPSA) is 49.8 Å².